The smallest absolute Gasteiger partial charge is 0.109 e. The van der Waals surface area contributed by atoms with Gasteiger partial charge < -0.3 is 5.32 Å². The number of nitrogens with two attached hydrogens (primary N) is 1. The molecule has 88 valence electrons. The average molecular weight is 218 g/mol. The third-order valence-corrected chi connectivity index (χ3v) is 3.78. The summed E-state index contributed by atoms with van der Waals surface area (Å²) in [6.45, 7) is 11.8. The summed E-state index contributed by atoms with van der Waals surface area (Å²) < 4.78 is 0. The minimum absolute atomic E-state index is 0.279. The van der Waals surface area contributed by atoms with Crippen LogP contribution in [0.5, 0.6) is 0 Å². The van der Waals surface area contributed by atoms with E-state index in [4.69, 9.17) is 0 Å². The van der Waals surface area contributed by atoms with Gasteiger partial charge in [-0.2, -0.15) is 0 Å². The predicted molar refractivity (Wildman–Crippen MR) is 68.5 cm³/mol. The molecule has 0 fully saturated rings. The lowest BCUT2D eigenvalue weighted by Crippen LogP contribution is -2.95. The third kappa shape index (κ3) is 2.01. The van der Waals surface area contributed by atoms with Gasteiger partial charge in [0, 0.05) is 12.0 Å². The number of rotatable bonds is 0. The molecule has 0 unspecified atom stereocenters. The molecule has 1 nitrogen and oxygen atoms in total. The van der Waals surface area contributed by atoms with Crippen LogP contribution < -0.4 is 5.32 Å². The fourth-order valence-electron chi connectivity index (χ4n) is 3.57. The van der Waals surface area contributed by atoms with Crippen LogP contribution in [0.4, 0.5) is 0 Å². The average Bonchev–Trinajstić information content (AvgIpc) is 2.20. The molecule has 0 aromatic heterocycles. The molecule has 0 amide bonds. The molecule has 1 aromatic rings. The van der Waals surface area contributed by atoms with Crippen LogP contribution in [0.2, 0.25) is 0 Å². The van der Waals surface area contributed by atoms with E-state index in [0.717, 1.165) is 0 Å². The van der Waals surface area contributed by atoms with Crippen molar-refractivity contribution in [3.63, 3.8) is 0 Å². The summed E-state index contributed by atoms with van der Waals surface area (Å²) >= 11 is 0. The Hall–Kier alpha value is -0.820. The quantitative estimate of drug-likeness (QED) is 0.689. The standard InChI is InChI=1S/C15H23N/c1-11-12-8-6-7-9-13(12)14(2,3)10-15(4,5)16-11/h6-9,11,16H,10H2,1-5H3/p+1/t11-/m0/s1. The Balaban J connectivity index is 2.55. The number of benzene rings is 1. The largest absolute Gasteiger partial charge is 0.336 e. The summed E-state index contributed by atoms with van der Waals surface area (Å²) in [6, 6.07) is 9.50. The highest BCUT2D eigenvalue weighted by Gasteiger charge is 2.39. The van der Waals surface area contributed by atoms with Crippen molar-refractivity contribution in [2.24, 2.45) is 0 Å². The van der Waals surface area contributed by atoms with Gasteiger partial charge in [-0.25, -0.2) is 0 Å². The molecule has 16 heavy (non-hydrogen) atoms. The van der Waals surface area contributed by atoms with E-state index in [2.05, 4.69) is 64.2 Å². The van der Waals surface area contributed by atoms with Crippen LogP contribution in [0.3, 0.4) is 0 Å². The second-order valence-corrected chi connectivity index (χ2v) is 6.59. The number of quaternary nitrogens is 1. The summed E-state index contributed by atoms with van der Waals surface area (Å²) in [6.07, 6.45) is 1.22. The summed E-state index contributed by atoms with van der Waals surface area (Å²) in [4.78, 5) is 0. The Morgan fingerprint density at radius 1 is 1.12 bits per heavy atom. The molecule has 1 heteroatoms. The molecular formula is C15H24N+. The zero-order valence-corrected chi connectivity index (χ0v) is 11.2. The normalized spacial score (nSPS) is 26.9. The minimum Gasteiger partial charge on any atom is -0.336 e. The second kappa shape index (κ2) is 3.59. The van der Waals surface area contributed by atoms with E-state index >= 15 is 0 Å². The minimum atomic E-state index is 0.279. The molecule has 0 saturated heterocycles. The molecule has 1 aliphatic rings. The van der Waals surface area contributed by atoms with E-state index in [0.29, 0.717) is 11.6 Å². The molecule has 0 radical (unpaired) electrons. The van der Waals surface area contributed by atoms with E-state index < -0.39 is 0 Å². The lowest BCUT2D eigenvalue weighted by molar-refractivity contribution is -0.754. The van der Waals surface area contributed by atoms with Crippen molar-refractivity contribution in [1.29, 1.82) is 0 Å². The SMILES string of the molecule is C[C@@H]1[NH2+]C(C)(C)CC(C)(C)c2ccccc21. The van der Waals surface area contributed by atoms with Crippen LogP contribution >= 0.6 is 0 Å². The molecule has 0 saturated carbocycles. The van der Waals surface area contributed by atoms with E-state index in [1.807, 2.05) is 0 Å². The summed E-state index contributed by atoms with van der Waals surface area (Å²) in [5.74, 6) is 0. The van der Waals surface area contributed by atoms with Crippen molar-refractivity contribution < 1.29 is 5.32 Å². The van der Waals surface area contributed by atoms with Crippen LogP contribution in [0, 0.1) is 0 Å². The van der Waals surface area contributed by atoms with Gasteiger partial charge in [-0.05, 0) is 31.7 Å². The maximum atomic E-state index is 2.51. The molecule has 0 aliphatic carbocycles. The van der Waals surface area contributed by atoms with Gasteiger partial charge in [0.05, 0.1) is 5.54 Å². The number of hydrogen-bond donors (Lipinski definition) is 1. The highest BCUT2D eigenvalue weighted by Crippen LogP contribution is 2.37. The van der Waals surface area contributed by atoms with Crippen molar-refractivity contribution >= 4 is 0 Å². The van der Waals surface area contributed by atoms with Gasteiger partial charge in [-0.3, -0.25) is 0 Å². The summed E-state index contributed by atoms with van der Waals surface area (Å²) in [7, 11) is 0. The van der Waals surface area contributed by atoms with Crippen LogP contribution in [-0.2, 0) is 5.41 Å². The highest BCUT2D eigenvalue weighted by molar-refractivity contribution is 5.35. The van der Waals surface area contributed by atoms with Gasteiger partial charge in [-0.15, -0.1) is 0 Å². The first kappa shape index (κ1) is 11.7. The number of hydrogen-bond acceptors (Lipinski definition) is 0. The van der Waals surface area contributed by atoms with Crippen molar-refractivity contribution in [2.45, 2.75) is 58.0 Å². The Bertz CT molecular complexity index is 390. The fraction of sp³-hybridized carbons (Fsp3) is 0.600. The Labute approximate surface area is 99.3 Å². The Morgan fingerprint density at radius 2 is 1.75 bits per heavy atom. The van der Waals surface area contributed by atoms with Gasteiger partial charge in [-0.1, -0.05) is 38.1 Å². The van der Waals surface area contributed by atoms with Crippen LogP contribution in [-0.4, -0.2) is 5.54 Å². The maximum absolute atomic E-state index is 2.51. The van der Waals surface area contributed by atoms with Crippen molar-refractivity contribution in [3.8, 4) is 0 Å². The van der Waals surface area contributed by atoms with Gasteiger partial charge in [0.15, 0.2) is 0 Å². The Kier molecular flexibility index (Phi) is 2.62. The molecule has 1 aliphatic heterocycles. The molecule has 1 heterocycles. The molecule has 0 spiro atoms. The lowest BCUT2D eigenvalue weighted by atomic mass is 9.75. The van der Waals surface area contributed by atoms with Crippen LogP contribution in [0.25, 0.3) is 0 Å². The fourth-order valence-corrected chi connectivity index (χ4v) is 3.57. The van der Waals surface area contributed by atoms with Gasteiger partial charge in [0.2, 0.25) is 0 Å². The molecule has 2 rings (SSSR count). The van der Waals surface area contributed by atoms with Crippen molar-refractivity contribution in [3.05, 3.63) is 35.4 Å². The monoisotopic (exact) mass is 218 g/mol. The zero-order chi connectivity index (χ0) is 12.0. The second-order valence-electron chi connectivity index (χ2n) is 6.59. The predicted octanol–water partition coefficient (Wildman–Crippen LogP) is 2.77. The molecular weight excluding hydrogens is 194 g/mol. The van der Waals surface area contributed by atoms with Gasteiger partial charge >= 0.3 is 0 Å². The molecule has 0 bridgehead atoms. The van der Waals surface area contributed by atoms with Gasteiger partial charge in [0.1, 0.15) is 6.04 Å². The van der Waals surface area contributed by atoms with E-state index in [1.54, 1.807) is 0 Å². The van der Waals surface area contributed by atoms with E-state index in [-0.39, 0.29) is 5.41 Å². The molecule has 1 atom stereocenters. The van der Waals surface area contributed by atoms with Crippen LogP contribution in [0.1, 0.15) is 58.2 Å². The summed E-state index contributed by atoms with van der Waals surface area (Å²) in [5.41, 5.74) is 3.64. The summed E-state index contributed by atoms with van der Waals surface area (Å²) in [5, 5.41) is 2.51. The third-order valence-electron chi connectivity index (χ3n) is 3.78. The Morgan fingerprint density at radius 3 is 2.44 bits per heavy atom. The topological polar surface area (TPSA) is 16.6 Å². The zero-order valence-electron chi connectivity index (χ0n) is 11.2. The van der Waals surface area contributed by atoms with Gasteiger partial charge in [0.25, 0.3) is 0 Å². The van der Waals surface area contributed by atoms with E-state index in [1.165, 1.54) is 17.5 Å². The first-order valence-corrected chi connectivity index (χ1v) is 6.27. The molecule has 2 N–H and O–H groups in total. The number of fused-ring (bicyclic) bond motifs is 1. The van der Waals surface area contributed by atoms with Crippen molar-refractivity contribution in [1.82, 2.24) is 0 Å². The van der Waals surface area contributed by atoms with Crippen LogP contribution in [0.15, 0.2) is 24.3 Å². The maximum Gasteiger partial charge on any atom is 0.109 e. The van der Waals surface area contributed by atoms with Crippen molar-refractivity contribution in [2.75, 3.05) is 0 Å². The molecule has 1 aromatic carbocycles. The first-order valence-electron chi connectivity index (χ1n) is 6.27. The highest BCUT2D eigenvalue weighted by atomic mass is 15.0. The first-order chi connectivity index (χ1) is 7.32. The van der Waals surface area contributed by atoms with E-state index in [9.17, 15) is 0 Å². The lowest BCUT2D eigenvalue weighted by Gasteiger charge is -2.30.